The molecular formula is H2F3NSi. The van der Waals surface area contributed by atoms with E-state index in [1.165, 1.54) is 0 Å². The fourth-order valence-electron chi connectivity index (χ4n) is 0. The SMILES string of the molecule is N[Si](F)(F)F. The summed E-state index contributed by atoms with van der Waals surface area (Å²) in [6.45, 7) is 0. The lowest BCUT2D eigenvalue weighted by molar-refractivity contribution is 0.475. The number of rotatable bonds is 0. The van der Waals surface area contributed by atoms with E-state index < -0.39 is 9.24 Å². The summed E-state index contributed by atoms with van der Waals surface area (Å²) in [5, 5.41) is 3.49. The van der Waals surface area contributed by atoms with Crippen molar-refractivity contribution in [3.63, 3.8) is 0 Å². The number of halogens is 3. The minimum atomic E-state index is -5.61. The van der Waals surface area contributed by atoms with Crippen molar-refractivity contribution in [2.45, 2.75) is 0 Å². The number of nitrogens with two attached hydrogens (primary N) is 1. The standard InChI is InChI=1S/F3H2NSi/c1-5(2,3)4/h4H2. The maximum absolute atomic E-state index is 10.3. The molecule has 0 aromatic rings. The Labute approximate surface area is 28.2 Å². The quantitative estimate of drug-likeness (QED) is 0.344. The normalized spacial score (nSPS) is 12.0. The molecule has 0 heterocycles. The highest BCUT2D eigenvalue weighted by Crippen LogP contribution is 1.94. The fraction of sp³-hybridized carbons (Fsp3) is 0. The van der Waals surface area contributed by atoms with Crippen molar-refractivity contribution in [1.82, 2.24) is 0 Å². The Morgan fingerprint density at radius 2 is 1.20 bits per heavy atom. The summed E-state index contributed by atoms with van der Waals surface area (Å²) in [4.78, 5) is 0. The molecule has 5 heavy (non-hydrogen) atoms. The molecule has 0 amide bonds. The van der Waals surface area contributed by atoms with Gasteiger partial charge in [0.2, 0.25) is 0 Å². The molecule has 0 bridgehead atoms. The smallest absolute Gasteiger partial charge is 0.273 e. The molecule has 0 rings (SSSR count). The summed E-state index contributed by atoms with van der Waals surface area (Å²) < 4.78 is 30.8. The zero-order valence-electron chi connectivity index (χ0n) is 2.21. The molecule has 0 atom stereocenters. The third-order valence-corrected chi connectivity index (χ3v) is 0. The Balaban J connectivity index is 3.02. The monoisotopic (exact) mass is 101 g/mol. The Bertz CT molecular complexity index is 22.4. The van der Waals surface area contributed by atoms with E-state index in [2.05, 4.69) is 5.40 Å². The van der Waals surface area contributed by atoms with E-state index in [1.807, 2.05) is 0 Å². The second-order valence-electron chi connectivity index (χ2n) is 0.542. The van der Waals surface area contributed by atoms with Crippen LogP contribution in [0.15, 0.2) is 0 Å². The molecule has 0 unspecified atom stereocenters. The summed E-state index contributed by atoms with van der Waals surface area (Å²) in [6.07, 6.45) is 0. The van der Waals surface area contributed by atoms with Crippen molar-refractivity contribution >= 4 is 9.24 Å². The first-order valence-electron chi connectivity index (χ1n) is 0.856. The Morgan fingerprint density at radius 3 is 1.20 bits per heavy atom. The number of hydrogen-bond donors (Lipinski definition) is 1. The first-order chi connectivity index (χ1) is 2.00. The van der Waals surface area contributed by atoms with Crippen LogP contribution in [0.4, 0.5) is 12.3 Å². The van der Waals surface area contributed by atoms with E-state index >= 15 is 0 Å². The van der Waals surface area contributed by atoms with Crippen LogP contribution in [-0.4, -0.2) is 9.24 Å². The summed E-state index contributed by atoms with van der Waals surface area (Å²) in [5.41, 5.74) is 0. The molecule has 1 nitrogen and oxygen atoms in total. The molecule has 32 valence electrons. The van der Waals surface area contributed by atoms with E-state index in [-0.39, 0.29) is 0 Å². The van der Waals surface area contributed by atoms with Gasteiger partial charge in [-0.15, -0.1) is 0 Å². The van der Waals surface area contributed by atoms with Gasteiger partial charge in [0.25, 0.3) is 0 Å². The average molecular weight is 101 g/mol. The summed E-state index contributed by atoms with van der Waals surface area (Å²) in [5.74, 6) is 0. The highest BCUT2D eigenvalue weighted by molar-refractivity contribution is 6.54. The summed E-state index contributed by atoms with van der Waals surface area (Å²) >= 11 is 0. The van der Waals surface area contributed by atoms with Gasteiger partial charge in [-0.1, -0.05) is 0 Å². The zero-order valence-corrected chi connectivity index (χ0v) is 3.21. The van der Waals surface area contributed by atoms with Crippen LogP contribution < -0.4 is 5.40 Å². The topological polar surface area (TPSA) is 26.0 Å². The van der Waals surface area contributed by atoms with Crippen molar-refractivity contribution in [3.8, 4) is 0 Å². The van der Waals surface area contributed by atoms with Gasteiger partial charge >= 0.3 is 9.24 Å². The Morgan fingerprint density at radius 1 is 1.20 bits per heavy atom. The van der Waals surface area contributed by atoms with Crippen LogP contribution in [0.5, 0.6) is 0 Å². The van der Waals surface area contributed by atoms with E-state index in [0.717, 1.165) is 0 Å². The van der Waals surface area contributed by atoms with Gasteiger partial charge in [-0.25, -0.2) is 12.3 Å². The molecule has 0 aliphatic rings. The van der Waals surface area contributed by atoms with Crippen molar-refractivity contribution in [3.05, 3.63) is 0 Å². The average Bonchev–Trinajstić information content (AvgIpc) is 0.722. The predicted octanol–water partition coefficient (Wildman–Crippen LogP) is 0.289. The minimum absolute atomic E-state index is 3.49. The number of hydrogen-bond acceptors (Lipinski definition) is 1. The van der Waals surface area contributed by atoms with Crippen LogP contribution in [-0.2, 0) is 0 Å². The molecule has 0 fully saturated rings. The van der Waals surface area contributed by atoms with E-state index in [9.17, 15) is 12.3 Å². The van der Waals surface area contributed by atoms with Gasteiger partial charge in [0.15, 0.2) is 0 Å². The lowest BCUT2D eigenvalue weighted by Gasteiger charge is -1.82. The van der Waals surface area contributed by atoms with Gasteiger partial charge in [-0.05, 0) is 0 Å². The first kappa shape index (κ1) is 4.97. The highest BCUT2D eigenvalue weighted by atomic mass is 28.5. The van der Waals surface area contributed by atoms with E-state index in [1.54, 1.807) is 0 Å². The van der Waals surface area contributed by atoms with Gasteiger partial charge in [0.1, 0.15) is 0 Å². The van der Waals surface area contributed by atoms with Crippen LogP contribution in [0.1, 0.15) is 0 Å². The minimum Gasteiger partial charge on any atom is -0.273 e. The second kappa shape index (κ2) is 0.981. The molecule has 0 radical (unpaired) electrons. The second-order valence-corrected chi connectivity index (χ2v) is 1.62. The molecule has 0 aromatic heterocycles. The van der Waals surface area contributed by atoms with Gasteiger partial charge in [-0.3, -0.25) is 5.40 Å². The Kier molecular flexibility index (Phi) is 0.974. The zero-order chi connectivity index (χ0) is 4.50. The third kappa shape index (κ3) is 14000. The fourth-order valence-corrected chi connectivity index (χ4v) is 0. The van der Waals surface area contributed by atoms with Gasteiger partial charge in [0.05, 0.1) is 0 Å². The first-order valence-corrected chi connectivity index (χ1v) is 2.57. The van der Waals surface area contributed by atoms with Crippen molar-refractivity contribution in [2.75, 3.05) is 0 Å². The largest absolute Gasteiger partial charge is 0.713 e. The molecule has 2 N–H and O–H groups in total. The highest BCUT2D eigenvalue weighted by Gasteiger charge is 2.29. The molecule has 0 spiro atoms. The maximum Gasteiger partial charge on any atom is 0.713 e. The van der Waals surface area contributed by atoms with Gasteiger partial charge in [-0.2, -0.15) is 0 Å². The molecule has 5 heteroatoms. The van der Waals surface area contributed by atoms with Gasteiger partial charge in [0, 0.05) is 0 Å². The van der Waals surface area contributed by atoms with Crippen LogP contribution >= 0.6 is 0 Å². The summed E-state index contributed by atoms with van der Waals surface area (Å²) in [6, 6.07) is 0. The molecule has 0 saturated heterocycles. The molecule has 0 aliphatic heterocycles. The molecular weight excluding hydrogens is 99.1 g/mol. The molecule has 0 aliphatic carbocycles. The summed E-state index contributed by atoms with van der Waals surface area (Å²) in [7, 11) is -5.61. The van der Waals surface area contributed by atoms with Crippen LogP contribution in [0.25, 0.3) is 0 Å². The predicted molar refractivity (Wildman–Crippen MR) is 13.3 cm³/mol. The molecule has 0 aromatic carbocycles. The lowest BCUT2D eigenvalue weighted by atomic mass is 13.9. The third-order valence-electron chi connectivity index (χ3n) is 0. The van der Waals surface area contributed by atoms with Crippen molar-refractivity contribution in [2.24, 2.45) is 5.40 Å². The van der Waals surface area contributed by atoms with Crippen LogP contribution in [0.3, 0.4) is 0 Å². The van der Waals surface area contributed by atoms with E-state index in [0.29, 0.717) is 0 Å². The lowest BCUT2D eigenvalue weighted by Crippen LogP contribution is -2.28. The van der Waals surface area contributed by atoms with Crippen LogP contribution in [0, 0.1) is 0 Å². The van der Waals surface area contributed by atoms with Crippen molar-refractivity contribution < 1.29 is 12.3 Å². The van der Waals surface area contributed by atoms with E-state index in [4.69, 9.17) is 0 Å². The molecule has 0 saturated carbocycles. The van der Waals surface area contributed by atoms with Crippen LogP contribution in [0.2, 0.25) is 0 Å². The Hall–Kier alpha value is -0.0331. The maximum atomic E-state index is 10.3. The van der Waals surface area contributed by atoms with Gasteiger partial charge < -0.3 is 0 Å². The van der Waals surface area contributed by atoms with Crippen molar-refractivity contribution in [1.29, 1.82) is 0 Å².